The van der Waals surface area contributed by atoms with Crippen LogP contribution in [-0.4, -0.2) is 29.1 Å². The summed E-state index contributed by atoms with van der Waals surface area (Å²) < 4.78 is 11.2. The van der Waals surface area contributed by atoms with E-state index in [1.807, 2.05) is 30.3 Å². The molecule has 31 heavy (non-hydrogen) atoms. The van der Waals surface area contributed by atoms with Crippen LogP contribution in [-0.2, 0) is 4.79 Å². The SMILES string of the molecule is O=C(Nc1ccc2c(c1)OCCO2)[C@H]1[C@H](c2nc3ccccc3c(=O)[nH]2)[C@H]2C=C[C@H]1C2. The molecule has 1 amide bonds. The average Bonchev–Trinajstić information content (AvgIpc) is 3.41. The number of fused-ring (bicyclic) bond motifs is 4. The van der Waals surface area contributed by atoms with Crippen LogP contribution in [0, 0.1) is 17.8 Å². The molecule has 1 aliphatic heterocycles. The van der Waals surface area contributed by atoms with Crippen molar-refractivity contribution >= 4 is 22.5 Å². The Hall–Kier alpha value is -3.61. The van der Waals surface area contributed by atoms with Crippen molar-refractivity contribution in [1.82, 2.24) is 9.97 Å². The fraction of sp³-hybridized carbons (Fsp3) is 0.292. The van der Waals surface area contributed by atoms with Gasteiger partial charge in [-0.25, -0.2) is 4.98 Å². The van der Waals surface area contributed by atoms with Gasteiger partial charge in [0.1, 0.15) is 19.0 Å². The molecule has 0 spiro atoms. The van der Waals surface area contributed by atoms with Gasteiger partial charge >= 0.3 is 0 Å². The Balaban J connectivity index is 1.33. The summed E-state index contributed by atoms with van der Waals surface area (Å²) in [6.07, 6.45) is 5.16. The summed E-state index contributed by atoms with van der Waals surface area (Å²) in [6.45, 7) is 1.01. The highest BCUT2D eigenvalue weighted by Crippen LogP contribution is 2.52. The molecule has 156 valence electrons. The maximum Gasteiger partial charge on any atom is 0.258 e. The number of nitrogens with one attached hydrogen (secondary N) is 2. The van der Waals surface area contributed by atoms with Crippen molar-refractivity contribution in [3.63, 3.8) is 0 Å². The Morgan fingerprint density at radius 3 is 2.74 bits per heavy atom. The number of amides is 1. The van der Waals surface area contributed by atoms with E-state index >= 15 is 0 Å². The summed E-state index contributed by atoms with van der Waals surface area (Å²) in [5.41, 5.74) is 1.15. The molecule has 0 radical (unpaired) electrons. The van der Waals surface area contributed by atoms with Gasteiger partial charge in [-0.15, -0.1) is 0 Å². The van der Waals surface area contributed by atoms with Crippen molar-refractivity contribution in [1.29, 1.82) is 0 Å². The fourth-order valence-corrected chi connectivity index (χ4v) is 5.16. The van der Waals surface area contributed by atoms with Gasteiger partial charge in [0.05, 0.1) is 16.8 Å². The van der Waals surface area contributed by atoms with Gasteiger partial charge in [0, 0.05) is 17.7 Å². The molecule has 2 N–H and O–H groups in total. The molecule has 1 saturated carbocycles. The lowest BCUT2D eigenvalue weighted by Gasteiger charge is -2.27. The number of ether oxygens (including phenoxy) is 2. The number of benzene rings is 2. The number of H-pyrrole nitrogens is 1. The van der Waals surface area contributed by atoms with Gasteiger partial charge in [-0.1, -0.05) is 24.3 Å². The Labute approximate surface area is 178 Å². The van der Waals surface area contributed by atoms with E-state index in [1.165, 1.54) is 0 Å². The predicted molar refractivity (Wildman–Crippen MR) is 115 cm³/mol. The van der Waals surface area contributed by atoms with Crippen molar-refractivity contribution < 1.29 is 14.3 Å². The summed E-state index contributed by atoms with van der Waals surface area (Å²) in [5.74, 6) is 1.68. The van der Waals surface area contributed by atoms with Crippen molar-refractivity contribution in [3.05, 3.63) is 70.8 Å². The zero-order valence-electron chi connectivity index (χ0n) is 16.7. The molecular formula is C24H21N3O4. The van der Waals surface area contributed by atoms with Gasteiger partial charge < -0.3 is 19.8 Å². The van der Waals surface area contributed by atoms with Crippen LogP contribution in [0.5, 0.6) is 11.5 Å². The molecule has 7 heteroatoms. The second-order valence-corrected chi connectivity index (χ2v) is 8.32. The molecule has 2 aliphatic carbocycles. The number of carbonyl (C=O) groups is 1. The maximum absolute atomic E-state index is 13.4. The molecular weight excluding hydrogens is 394 g/mol. The molecule has 4 atom stereocenters. The van der Waals surface area contributed by atoms with Crippen molar-refractivity contribution in [2.24, 2.45) is 17.8 Å². The minimum atomic E-state index is -0.299. The summed E-state index contributed by atoms with van der Waals surface area (Å²) in [4.78, 5) is 33.7. The number of hydrogen-bond donors (Lipinski definition) is 2. The second kappa shape index (κ2) is 6.97. The number of rotatable bonds is 3. The highest BCUT2D eigenvalue weighted by molar-refractivity contribution is 5.94. The van der Waals surface area contributed by atoms with Crippen LogP contribution < -0.4 is 20.3 Å². The topological polar surface area (TPSA) is 93.3 Å². The first-order valence-corrected chi connectivity index (χ1v) is 10.6. The number of hydrogen-bond acceptors (Lipinski definition) is 5. The van der Waals surface area contributed by atoms with Crippen LogP contribution in [0.15, 0.2) is 59.4 Å². The molecule has 2 aromatic carbocycles. The minimum absolute atomic E-state index is 0.0747. The van der Waals surface area contributed by atoms with E-state index in [4.69, 9.17) is 14.5 Å². The van der Waals surface area contributed by atoms with E-state index in [1.54, 1.807) is 12.1 Å². The summed E-state index contributed by atoms with van der Waals surface area (Å²) in [5, 5.41) is 3.60. The lowest BCUT2D eigenvalue weighted by atomic mass is 9.81. The van der Waals surface area contributed by atoms with Crippen LogP contribution in [0.3, 0.4) is 0 Å². The highest BCUT2D eigenvalue weighted by atomic mass is 16.6. The highest BCUT2D eigenvalue weighted by Gasteiger charge is 2.50. The number of aromatic nitrogens is 2. The lowest BCUT2D eigenvalue weighted by molar-refractivity contribution is -0.121. The van der Waals surface area contributed by atoms with E-state index in [9.17, 15) is 9.59 Å². The fourth-order valence-electron chi connectivity index (χ4n) is 5.16. The zero-order valence-corrected chi connectivity index (χ0v) is 16.7. The smallest absolute Gasteiger partial charge is 0.258 e. The maximum atomic E-state index is 13.4. The Kier molecular flexibility index (Phi) is 4.09. The van der Waals surface area contributed by atoms with Gasteiger partial charge in [-0.3, -0.25) is 9.59 Å². The van der Waals surface area contributed by atoms with Crippen molar-refractivity contribution in [2.75, 3.05) is 18.5 Å². The number of anilines is 1. The number of aromatic amines is 1. The number of allylic oxidation sites excluding steroid dienone is 2. The van der Waals surface area contributed by atoms with Gasteiger partial charge in [-0.2, -0.15) is 0 Å². The van der Waals surface area contributed by atoms with Crippen LogP contribution in [0.25, 0.3) is 10.9 Å². The molecule has 2 heterocycles. The molecule has 3 aliphatic rings. The summed E-state index contributed by atoms with van der Waals surface area (Å²) >= 11 is 0. The largest absolute Gasteiger partial charge is 0.486 e. The number of carbonyl (C=O) groups excluding carboxylic acids is 1. The van der Waals surface area contributed by atoms with Crippen LogP contribution in [0.2, 0.25) is 0 Å². The van der Waals surface area contributed by atoms with Crippen molar-refractivity contribution in [3.8, 4) is 11.5 Å². The molecule has 2 bridgehead atoms. The van der Waals surface area contributed by atoms with E-state index in [2.05, 4.69) is 22.5 Å². The third-order valence-corrected chi connectivity index (χ3v) is 6.52. The summed E-state index contributed by atoms with van der Waals surface area (Å²) in [6, 6.07) is 12.7. The standard InChI is InChI=1S/C24H21N3O4/c28-23-16-3-1-2-4-17(16)26-22(27-23)20-13-5-6-14(11-13)21(20)24(29)25-15-7-8-18-19(12-15)31-10-9-30-18/h1-8,12-14,20-21H,9-11H2,(H,25,29)(H,26,27,28)/t13-,14-,20+,21+/m0/s1. The van der Waals surface area contributed by atoms with Gasteiger partial charge in [0.2, 0.25) is 5.91 Å². The predicted octanol–water partition coefficient (Wildman–Crippen LogP) is 3.24. The molecule has 3 aromatic rings. The lowest BCUT2D eigenvalue weighted by Crippen LogP contribution is -2.33. The Morgan fingerprint density at radius 1 is 1.03 bits per heavy atom. The molecule has 1 aromatic heterocycles. The van der Waals surface area contributed by atoms with E-state index < -0.39 is 0 Å². The quantitative estimate of drug-likeness (QED) is 0.641. The molecule has 0 unspecified atom stereocenters. The van der Waals surface area contributed by atoms with Gasteiger partial charge in [0.15, 0.2) is 11.5 Å². The average molecular weight is 415 g/mol. The van der Waals surface area contributed by atoms with Gasteiger partial charge in [-0.05, 0) is 42.5 Å². The first-order chi connectivity index (χ1) is 15.2. The Morgan fingerprint density at radius 2 is 1.84 bits per heavy atom. The van der Waals surface area contributed by atoms with Crippen LogP contribution in [0.4, 0.5) is 5.69 Å². The number of para-hydroxylation sites is 1. The van der Waals surface area contributed by atoms with E-state index in [-0.39, 0.29) is 35.1 Å². The molecule has 1 fully saturated rings. The van der Waals surface area contributed by atoms with E-state index in [0.717, 1.165) is 6.42 Å². The molecule has 0 saturated heterocycles. The third kappa shape index (κ3) is 3.00. The Bertz CT molecular complexity index is 1280. The third-order valence-electron chi connectivity index (χ3n) is 6.52. The normalized spacial score (nSPS) is 25.7. The van der Waals surface area contributed by atoms with Gasteiger partial charge in [0.25, 0.3) is 5.56 Å². The first-order valence-electron chi connectivity index (χ1n) is 10.6. The minimum Gasteiger partial charge on any atom is -0.486 e. The number of nitrogens with zero attached hydrogens (tertiary/aromatic N) is 1. The van der Waals surface area contributed by atoms with Crippen LogP contribution in [0.1, 0.15) is 18.2 Å². The molecule has 7 nitrogen and oxygen atoms in total. The second-order valence-electron chi connectivity index (χ2n) is 8.32. The molecule has 6 rings (SSSR count). The zero-order chi connectivity index (χ0) is 20.9. The van der Waals surface area contributed by atoms with E-state index in [0.29, 0.717) is 47.1 Å². The monoisotopic (exact) mass is 415 g/mol. The van der Waals surface area contributed by atoms with Crippen molar-refractivity contribution in [2.45, 2.75) is 12.3 Å². The van der Waals surface area contributed by atoms with Crippen LogP contribution >= 0.6 is 0 Å². The summed E-state index contributed by atoms with van der Waals surface area (Å²) in [7, 11) is 0. The first kappa shape index (κ1) is 18.2.